The van der Waals surface area contributed by atoms with Crippen LogP contribution in [0.15, 0.2) is 47.1 Å². The summed E-state index contributed by atoms with van der Waals surface area (Å²) < 4.78 is 18.5. The molecule has 4 rings (SSSR count). The highest BCUT2D eigenvalue weighted by Crippen LogP contribution is 2.30. The molecule has 3 aromatic rings. The Balaban J connectivity index is 1.37. The van der Waals surface area contributed by atoms with Gasteiger partial charge in [0.1, 0.15) is 11.4 Å². The molecule has 0 aliphatic heterocycles. The van der Waals surface area contributed by atoms with Crippen LogP contribution in [0.25, 0.3) is 11.0 Å². The molecular formula is C21H20FNO2. The molecule has 4 heteroatoms. The zero-order chi connectivity index (χ0) is 17.2. The van der Waals surface area contributed by atoms with Crippen molar-refractivity contribution in [1.82, 2.24) is 5.32 Å². The topological polar surface area (TPSA) is 42.2 Å². The number of carbonyl (C=O) groups is 1. The van der Waals surface area contributed by atoms with Crippen LogP contribution in [0.2, 0.25) is 0 Å². The van der Waals surface area contributed by atoms with Crippen molar-refractivity contribution >= 4 is 16.9 Å². The van der Waals surface area contributed by atoms with Gasteiger partial charge in [0.05, 0.1) is 12.7 Å². The molecule has 1 heterocycles. The second-order valence-corrected chi connectivity index (χ2v) is 6.63. The molecule has 25 heavy (non-hydrogen) atoms. The van der Waals surface area contributed by atoms with E-state index in [0.717, 1.165) is 34.9 Å². The summed E-state index contributed by atoms with van der Waals surface area (Å²) in [5, 5.41) is 3.98. The number of nitrogens with one attached hydrogen (secondary N) is 1. The van der Waals surface area contributed by atoms with E-state index in [1.54, 1.807) is 18.4 Å². The molecule has 1 aliphatic rings. The van der Waals surface area contributed by atoms with E-state index in [9.17, 15) is 9.18 Å². The van der Waals surface area contributed by atoms with E-state index in [4.69, 9.17) is 4.42 Å². The van der Waals surface area contributed by atoms with Crippen molar-refractivity contribution in [3.8, 4) is 0 Å². The van der Waals surface area contributed by atoms with Gasteiger partial charge in [-0.2, -0.15) is 0 Å². The molecule has 0 saturated heterocycles. The van der Waals surface area contributed by atoms with Crippen molar-refractivity contribution in [2.45, 2.75) is 32.1 Å². The van der Waals surface area contributed by atoms with Crippen LogP contribution in [0, 0.1) is 5.82 Å². The van der Waals surface area contributed by atoms with Gasteiger partial charge in [-0.3, -0.25) is 4.79 Å². The second-order valence-electron chi connectivity index (χ2n) is 6.63. The molecule has 3 nitrogen and oxygen atoms in total. The van der Waals surface area contributed by atoms with Gasteiger partial charge in [0.15, 0.2) is 0 Å². The fourth-order valence-corrected chi connectivity index (χ4v) is 3.52. The van der Waals surface area contributed by atoms with E-state index in [1.165, 1.54) is 29.7 Å². The molecule has 2 aromatic carbocycles. The Kier molecular flexibility index (Phi) is 4.26. The molecule has 1 N–H and O–H groups in total. The number of hydrogen-bond acceptors (Lipinski definition) is 2. The summed E-state index contributed by atoms with van der Waals surface area (Å²) in [4.78, 5) is 12.2. The predicted molar refractivity (Wildman–Crippen MR) is 95.1 cm³/mol. The van der Waals surface area contributed by atoms with Gasteiger partial charge in [0.2, 0.25) is 5.91 Å². The Morgan fingerprint density at radius 1 is 1.12 bits per heavy atom. The van der Waals surface area contributed by atoms with Crippen LogP contribution < -0.4 is 5.32 Å². The lowest BCUT2D eigenvalue weighted by Gasteiger charge is -2.05. The van der Waals surface area contributed by atoms with Crippen LogP contribution in [0.5, 0.6) is 0 Å². The van der Waals surface area contributed by atoms with E-state index in [0.29, 0.717) is 19.4 Å². The standard InChI is InChI=1S/C21H20FNO2/c22-18-6-4-14(5-7-18)8-9-23-21(24)12-17-13-25-20-11-16-3-1-2-15(16)10-19(17)20/h4-7,10-11,13H,1-3,8-9,12H2,(H,23,24). The van der Waals surface area contributed by atoms with Crippen molar-refractivity contribution < 1.29 is 13.6 Å². The Hall–Kier alpha value is -2.62. The zero-order valence-corrected chi connectivity index (χ0v) is 14.0. The predicted octanol–water partition coefficient (Wildman–Crippen LogP) is 3.96. The van der Waals surface area contributed by atoms with E-state index in [2.05, 4.69) is 17.4 Å². The summed E-state index contributed by atoms with van der Waals surface area (Å²) in [5.41, 5.74) is 5.56. The van der Waals surface area contributed by atoms with Crippen LogP contribution in [0.1, 0.15) is 28.7 Å². The van der Waals surface area contributed by atoms with Crippen molar-refractivity contribution in [3.05, 3.63) is 70.7 Å². The monoisotopic (exact) mass is 337 g/mol. The quantitative estimate of drug-likeness (QED) is 0.766. The first kappa shape index (κ1) is 15.9. The normalized spacial score (nSPS) is 13.2. The van der Waals surface area contributed by atoms with Crippen LogP contribution in [-0.4, -0.2) is 12.5 Å². The van der Waals surface area contributed by atoms with Crippen LogP contribution in [0.3, 0.4) is 0 Å². The summed E-state index contributed by atoms with van der Waals surface area (Å²) in [5.74, 6) is -0.267. The van der Waals surface area contributed by atoms with Gasteiger partial charge >= 0.3 is 0 Å². The minimum atomic E-state index is -0.244. The van der Waals surface area contributed by atoms with Crippen molar-refractivity contribution in [1.29, 1.82) is 0 Å². The van der Waals surface area contributed by atoms with Gasteiger partial charge in [-0.1, -0.05) is 12.1 Å². The Morgan fingerprint density at radius 2 is 1.88 bits per heavy atom. The van der Waals surface area contributed by atoms with E-state index in [-0.39, 0.29) is 11.7 Å². The SMILES string of the molecule is O=C(Cc1coc2cc3c(cc12)CCC3)NCCc1ccc(F)cc1. The molecule has 1 aromatic heterocycles. The number of amides is 1. The Morgan fingerprint density at radius 3 is 2.68 bits per heavy atom. The first-order valence-electron chi connectivity index (χ1n) is 8.72. The highest BCUT2D eigenvalue weighted by molar-refractivity contribution is 5.88. The number of benzene rings is 2. The number of carbonyl (C=O) groups excluding carboxylic acids is 1. The molecule has 0 saturated carbocycles. The maximum Gasteiger partial charge on any atom is 0.224 e. The van der Waals surface area contributed by atoms with Crippen LogP contribution >= 0.6 is 0 Å². The molecule has 1 amide bonds. The van der Waals surface area contributed by atoms with Crippen LogP contribution in [0.4, 0.5) is 4.39 Å². The third-order valence-electron chi connectivity index (χ3n) is 4.87. The molecule has 0 radical (unpaired) electrons. The first-order valence-corrected chi connectivity index (χ1v) is 8.72. The summed E-state index contributed by atoms with van der Waals surface area (Å²) in [6, 6.07) is 10.7. The van der Waals surface area contributed by atoms with E-state index < -0.39 is 0 Å². The third-order valence-corrected chi connectivity index (χ3v) is 4.87. The maximum atomic E-state index is 12.9. The fourth-order valence-electron chi connectivity index (χ4n) is 3.52. The average Bonchev–Trinajstić information content (AvgIpc) is 3.21. The van der Waals surface area contributed by atoms with Gasteiger partial charge in [-0.15, -0.1) is 0 Å². The Bertz CT molecular complexity index is 912. The van der Waals surface area contributed by atoms with Crippen molar-refractivity contribution in [3.63, 3.8) is 0 Å². The van der Waals surface area contributed by atoms with Gasteiger partial charge < -0.3 is 9.73 Å². The molecule has 0 unspecified atom stereocenters. The summed E-state index contributed by atoms with van der Waals surface area (Å²) in [6.07, 6.45) is 6.12. The number of halogens is 1. The highest BCUT2D eigenvalue weighted by atomic mass is 19.1. The molecule has 0 atom stereocenters. The van der Waals surface area contributed by atoms with Crippen molar-refractivity contribution in [2.24, 2.45) is 0 Å². The third kappa shape index (κ3) is 3.43. The average molecular weight is 337 g/mol. The number of aryl methyl sites for hydroxylation is 2. The molecule has 128 valence electrons. The molecule has 0 spiro atoms. The summed E-state index contributed by atoms with van der Waals surface area (Å²) >= 11 is 0. The number of fused-ring (bicyclic) bond motifs is 2. The summed E-state index contributed by atoms with van der Waals surface area (Å²) in [7, 11) is 0. The van der Waals surface area contributed by atoms with Crippen molar-refractivity contribution in [2.75, 3.05) is 6.54 Å². The van der Waals surface area contributed by atoms with Gasteiger partial charge in [-0.25, -0.2) is 4.39 Å². The number of hydrogen-bond donors (Lipinski definition) is 1. The number of furan rings is 1. The molecule has 0 fully saturated rings. The smallest absolute Gasteiger partial charge is 0.224 e. The maximum absolute atomic E-state index is 12.9. The molecule has 0 bridgehead atoms. The lowest BCUT2D eigenvalue weighted by Crippen LogP contribution is -2.27. The van der Waals surface area contributed by atoms with E-state index in [1.807, 2.05) is 0 Å². The van der Waals surface area contributed by atoms with E-state index >= 15 is 0 Å². The number of rotatable bonds is 5. The minimum absolute atomic E-state index is 0.0229. The van der Waals surface area contributed by atoms with Gasteiger partial charge in [0.25, 0.3) is 0 Å². The first-order chi connectivity index (χ1) is 12.2. The fraction of sp³-hybridized carbons (Fsp3) is 0.286. The molecule has 1 aliphatic carbocycles. The second kappa shape index (κ2) is 6.71. The minimum Gasteiger partial charge on any atom is -0.464 e. The van der Waals surface area contributed by atoms with Gasteiger partial charge in [-0.05, 0) is 66.6 Å². The summed E-state index contributed by atoms with van der Waals surface area (Å²) in [6.45, 7) is 0.537. The largest absolute Gasteiger partial charge is 0.464 e. The van der Waals surface area contributed by atoms with Crippen LogP contribution in [-0.2, 0) is 30.5 Å². The lowest BCUT2D eigenvalue weighted by molar-refractivity contribution is -0.120. The lowest BCUT2D eigenvalue weighted by atomic mass is 10.0. The highest BCUT2D eigenvalue weighted by Gasteiger charge is 2.16. The Labute approximate surface area is 145 Å². The van der Waals surface area contributed by atoms with Gasteiger partial charge in [0, 0.05) is 17.5 Å². The zero-order valence-electron chi connectivity index (χ0n) is 14.0. The molecular weight excluding hydrogens is 317 g/mol.